The second-order valence-corrected chi connectivity index (χ2v) is 6.30. The number of Topliss-reactive ketones (excluding diaryl/α,β-unsaturated/α-hetero) is 1. The lowest BCUT2D eigenvalue weighted by Crippen LogP contribution is -2.46. The van der Waals surface area contributed by atoms with Crippen molar-refractivity contribution in [2.75, 3.05) is 12.4 Å². The van der Waals surface area contributed by atoms with Gasteiger partial charge in [0, 0.05) is 13.3 Å². The van der Waals surface area contributed by atoms with E-state index >= 15 is 0 Å². The van der Waals surface area contributed by atoms with Crippen LogP contribution in [0, 0.1) is 6.92 Å². The van der Waals surface area contributed by atoms with Crippen LogP contribution in [0.2, 0.25) is 0 Å². The number of hydrogen-bond donors (Lipinski definition) is 2. The number of carbonyl (C=O) groups excluding carboxylic acids is 4. The van der Waals surface area contributed by atoms with Crippen molar-refractivity contribution in [3.05, 3.63) is 65.2 Å². The van der Waals surface area contributed by atoms with E-state index in [0.717, 1.165) is 11.1 Å². The lowest BCUT2D eigenvalue weighted by molar-refractivity contribution is -0.144. The number of benzene rings is 2. The molecule has 0 bridgehead atoms. The van der Waals surface area contributed by atoms with Crippen LogP contribution >= 0.6 is 0 Å². The highest BCUT2D eigenvalue weighted by atomic mass is 16.5. The molecule has 0 radical (unpaired) electrons. The average Bonchev–Trinajstić information content (AvgIpc) is 2.68. The van der Waals surface area contributed by atoms with E-state index < -0.39 is 23.7 Å². The Morgan fingerprint density at radius 2 is 1.71 bits per heavy atom. The Balaban J connectivity index is 2.23. The summed E-state index contributed by atoms with van der Waals surface area (Å²) in [6.07, 6.45) is 0.179. The van der Waals surface area contributed by atoms with Crippen molar-refractivity contribution < 1.29 is 23.9 Å². The largest absolute Gasteiger partial charge is 0.467 e. The smallest absolute Gasteiger partial charge is 0.328 e. The number of rotatable bonds is 7. The third-order valence-electron chi connectivity index (χ3n) is 4.01. The summed E-state index contributed by atoms with van der Waals surface area (Å²) in [5.41, 5.74) is 1.84. The number of anilines is 1. The molecule has 0 aliphatic rings. The van der Waals surface area contributed by atoms with Crippen molar-refractivity contribution >= 4 is 29.3 Å². The van der Waals surface area contributed by atoms with Crippen LogP contribution in [0.1, 0.15) is 28.4 Å². The van der Waals surface area contributed by atoms with Gasteiger partial charge in [0.2, 0.25) is 5.91 Å². The van der Waals surface area contributed by atoms with Gasteiger partial charge in [-0.3, -0.25) is 14.4 Å². The zero-order valence-electron chi connectivity index (χ0n) is 15.9. The molecule has 0 aliphatic heterocycles. The average molecular weight is 382 g/mol. The van der Waals surface area contributed by atoms with E-state index in [0.29, 0.717) is 0 Å². The summed E-state index contributed by atoms with van der Waals surface area (Å²) < 4.78 is 4.74. The predicted molar refractivity (Wildman–Crippen MR) is 104 cm³/mol. The first-order chi connectivity index (χ1) is 13.3. The number of amides is 2. The van der Waals surface area contributed by atoms with Crippen molar-refractivity contribution in [1.29, 1.82) is 0 Å². The third kappa shape index (κ3) is 5.51. The van der Waals surface area contributed by atoms with Gasteiger partial charge in [-0.1, -0.05) is 42.0 Å². The maximum atomic E-state index is 12.7. The molecule has 146 valence electrons. The fourth-order valence-corrected chi connectivity index (χ4v) is 2.68. The number of carbonyl (C=O) groups is 4. The van der Waals surface area contributed by atoms with Crippen molar-refractivity contribution in [2.24, 2.45) is 0 Å². The summed E-state index contributed by atoms with van der Waals surface area (Å²) in [4.78, 5) is 48.7. The van der Waals surface area contributed by atoms with Gasteiger partial charge in [-0.05, 0) is 24.6 Å². The zero-order valence-corrected chi connectivity index (χ0v) is 15.9. The van der Waals surface area contributed by atoms with Gasteiger partial charge in [0.05, 0.1) is 18.4 Å². The van der Waals surface area contributed by atoms with Gasteiger partial charge in [0.15, 0.2) is 0 Å². The summed E-state index contributed by atoms with van der Waals surface area (Å²) in [6.45, 7) is 3.07. The van der Waals surface area contributed by atoms with Crippen LogP contribution in [0.4, 0.5) is 5.69 Å². The van der Waals surface area contributed by atoms with E-state index in [9.17, 15) is 19.2 Å². The highest BCUT2D eigenvalue weighted by Crippen LogP contribution is 2.18. The fourth-order valence-electron chi connectivity index (χ4n) is 2.68. The monoisotopic (exact) mass is 382 g/mol. The van der Waals surface area contributed by atoms with Crippen LogP contribution in [0.15, 0.2) is 48.5 Å². The Morgan fingerprint density at radius 1 is 1.04 bits per heavy atom. The summed E-state index contributed by atoms with van der Waals surface area (Å²) in [5.74, 6) is -2.83. The molecule has 2 amide bonds. The number of esters is 1. The van der Waals surface area contributed by atoms with Crippen LogP contribution in [-0.4, -0.2) is 36.7 Å². The molecule has 2 N–H and O–H groups in total. The first-order valence-electron chi connectivity index (χ1n) is 8.67. The molecule has 28 heavy (non-hydrogen) atoms. The van der Waals surface area contributed by atoms with Crippen molar-refractivity contribution in [3.8, 4) is 0 Å². The first kappa shape index (κ1) is 20.8. The predicted octanol–water partition coefficient (Wildman–Crippen LogP) is 2.04. The van der Waals surface area contributed by atoms with E-state index in [2.05, 4.69) is 10.6 Å². The minimum atomic E-state index is -1.02. The van der Waals surface area contributed by atoms with Gasteiger partial charge < -0.3 is 15.4 Å². The Bertz CT molecular complexity index is 893. The molecule has 2 aromatic carbocycles. The fraction of sp³-hybridized carbons (Fsp3) is 0.238. The molecule has 0 heterocycles. The highest BCUT2D eigenvalue weighted by molar-refractivity contribution is 6.44. The molecule has 0 saturated heterocycles. The number of hydrogen-bond acceptors (Lipinski definition) is 5. The molecule has 0 unspecified atom stereocenters. The Morgan fingerprint density at radius 3 is 2.32 bits per heavy atom. The van der Waals surface area contributed by atoms with Crippen molar-refractivity contribution in [3.63, 3.8) is 0 Å². The normalized spacial score (nSPS) is 11.2. The van der Waals surface area contributed by atoms with Crippen molar-refractivity contribution in [1.82, 2.24) is 5.32 Å². The first-order valence-corrected chi connectivity index (χ1v) is 8.67. The molecular weight excluding hydrogens is 360 g/mol. The molecule has 0 saturated carbocycles. The standard InChI is InChI=1S/C21H22N2O5/c1-13-9-10-17(22-14(2)24)16(11-13)19(25)20(26)23-18(21(27)28-3)12-15-7-5-4-6-8-15/h4-11,18H,12H2,1-3H3,(H,22,24)(H,23,26)/t18-/m0/s1. The molecule has 7 nitrogen and oxygen atoms in total. The van der Waals surface area contributed by atoms with Gasteiger partial charge in [-0.15, -0.1) is 0 Å². The molecule has 1 atom stereocenters. The Hall–Kier alpha value is -3.48. The van der Waals surface area contributed by atoms with Crippen LogP contribution in [-0.2, 0) is 25.5 Å². The molecular formula is C21H22N2O5. The van der Waals surface area contributed by atoms with E-state index in [1.54, 1.807) is 31.2 Å². The molecule has 7 heteroatoms. The summed E-state index contributed by atoms with van der Waals surface area (Å²) in [6, 6.07) is 12.8. The molecule has 0 aliphatic carbocycles. The van der Waals surface area contributed by atoms with Gasteiger partial charge in [0.1, 0.15) is 6.04 Å². The van der Waals surface area contributed by atoms with Gasteiger partial charge in [0.25, 0.3) is 11.7 Å². The van der Waals surface area contributed by atoms with Gasteiger partial charge in [-0.25, -0.2) is 4.79 Å². The Kier molecular flexibility index (Phi) is 7.03. The van der Waals surface area contributed by atoms with Crippen LogP contribution in [0.25, 0.3) is 0 Å². The van der Waals surface area contributed by atoms with Crippen LogP contribution in [0.3, 0.4) is 0 Å². The van der Waals surface area contributed by atoms with Crippen LogP contribution < -0.4 is 10.6 Å². The SMILES string of the molecule is COC(=O)[C@H](Cc1ccccc1)NC(=O)C(=O)c1cc(C)ccc1NC(C)=O. The number of ether oxygens (including phenoxy) is 1. The maximum absolute atomic E-state index is 12.7. The number of nitrogens with one attached hydrogen (secondary N) is 2. The van der Waals surface area contributed by atoms with Gasteiger partial charge >= 0.3 is 5.97 Å². The minimum Gasteiger partial charge on any atom is -0.467 e. The highest BCUT2D eigenvalue weighted by Gasteiger charge is 2.27. The number of aryl methyl sites for hydroxylation is 1. The van der Waals surface area contributed by atoms with Crippen molar-refractivity contribution in [2.45, 2.75) is 26.3 Å². The summed E-state index contributed by atoms with van der Waals surface area (Å²) in [7, 11) is 1.21. The maximum Gasteiger partial charge on any atom is 0.328 e. The Labute approximate surface area is 163 Å². The molecule has 0 fully saturated rings. The zero-order chi connectivity index (χ0) is 20.7. The second-order valence-electron chi connectivity index (χ2n) is 6.30. The number of ketones is 1. The molecule has 0 spiro atoms. The van der Waals surface area contributed by atoms with E-state index in [1.807, 2.05) is 18.2 Å². The topological polar surface area (TPSA) is 102 Å². The number of methoxy groups -OCH3 is 1. The minimum absolute atomic E-state index is 0.0519. The van der Waals surface area contributed by atoms with E-state index in [-0.39, 0.29) is 23.6 Å². The molecule has 2 aromatic rings. The summed E-state index contributed by atoms with van der Waals surface area (Å²) >= 11 is 0. The van der Waals surface area contributed by atoms with E-state index in [4.69, 9.17) is 4.74 Å². The second kappa shape index (κ2) is 9.45. The van der Waals surface area contributed by atoms with Crippen LogP contribution in [0.5, 0.6) is 0 Å². The lowest BCUT2D eigenvalue weighted by atomic mass is 10.0. The lowest BCUT2D eigenvalue weighted by Gasteiger charge is -2.17. The summed E-state index contributed by atoms with van der Waals surface area (Å²) in [5, 5.41) is 4.97. The van der Waals surface area contributed by atoms with E-state index in [1.165, 1.54) is 20.1 Å². The third-order valence-corrected chi connectivity index (χ3v) is 4.01. The quantitative estimate of drug-likeness (QED) is 0.433. The van der Waals surface area contributed by atoms with Gasteiger partial charge in [-0.2, -0.15) is 0 Å². The molecule has 2 rings (SSSR count). The molecule has 0 aromatic heterocycles.